The molecule has 0 radical (unpaired) electrons. The highest BCUT2D eigenvalue weighted by molar-refractivity contribution is 5.63. The van der Waals surface area contributed by atoms with Crippen molar-refractivity contribution in [1.82, 2.24) is 25.4 Å². The van der Waals surface area contributed by atoms with Gasteiger partial charge >= 0.3 is 0 Å². The molecule has 3 rings (SSSR count). The van der Waals surface area contributed by atoms with Gasteiger partial charge < -0.3 is 10.3 Å². The molecule has 0 unspecified atom stereocenters. The van der Waals surface area contributed by atoms with E-state index in [1.807, 2.05) is 19.1 Å². The Balaban J connectivity index is 2.04. The zero-order valence-electron chi connectivity index (χ0n) is 10.1. The van der Waals surface area contributed by atoms with Gasteiger partial charge in [-0.05, 0) is 28.4 Å². The number of nitrogens with zero attached hydrogens (tertiary/aromatic N) is 5. The fraction of sp³-hybridized carbons (Fsp3) is 0.182. The first kappa shape index (κ1) is 11.3. The highest BCUT2D eigenvalue weighted by Crippen LogP contribution is 2.24. The van der Waals surface area contributed by atoms with Gasteiger partial charge in [-0.15, -0.1) is 0 Å². The summed E-state index contributed by atoms with van der Waals surface area (Å²) >= 11 is 0. The van der Waals surface area contributed by atoms with E-state index in [9.17, 15) is 0 Å². The van der Waals surface area contributed by atoms with E-state index in [2.05, 4.69) is 30.1 Å². The van der Waals surface area contributed by atoms with E-state index in [-0.39, 0.29) is 17.4 Å². The van der Waals surface area contributed by atoms with Crippen molar-refractivity contribution >= 4 is 5.82 Å². The van der Waals surface area contributed by atoms with Crippen LogP contribution in [0.5, 0.6) is 0 Å². The van der Waals surface area contributed by atoms with Crippen molar-refractivity contribution < 1.29 is 9.15 Å². The number of rotatable bonds is 3. The van der Waals surface area contributed by atoms with Crippen molar-refractivity contribution in [2.75, 3.05) is 5.73 Å². The maximum atomic E-state index is 5.57. The fourth-order valence-electron chi connectivity index (χ4n) is 1.68. The van der Waals surface area contributed by atoms with Crippen LogP contribution in [-0.2, 0) is 6.42 Å². The lowest BCUT2D eigenvalue weighted by molar-refractivity contribution is 0.308. The first-order valence-corrected chi connectivity index (χ1v) is 5.66. The van der Waals surface area contributed by atoms with E-state index < -0.39 is 0 Å². The summed E-state index contributed by atoms with van der Waals surface area (Å²) in [4.78, 5) is 8.47. The predicted molar refractivity (Wildman–Crippen MR) is 64.6 cm³/mol. The Bertz CT molecular complexity index is 705. The summed E-state index contributed by atoms with van der Waals surface area (Å²) in [6.45, 7) is 2.03. The first-order chi connectivity index (χ1) is 9.29. The lowest BCUT2D eigenvalue weighted by Crippen LogP contribution is -1.93. The number of hydrogen-bond donors (Lipinski definition) is 1. The molecule has 8 nitrogen and oxygen atoms in total. The summed E-state index contributed by atoms with van der Waals surface area (Å²) in [6, 6.07) is 3.83. The molecule has 2 N–H and O–H groups in total. The maximum Gasteiger partial charge on any atom is 0.284 e. The van der Waals surface area contributed by atoms with Crippen molar-refractivity contribution in [3.05, 3.63) is 23.9 Å². The molecule has 0 atom stereocenters. The first-order valence-electron chi connectivity index (χ1n) is 5.66. The zero-order chi connectivity index (χ0) is 13.2. The lowest BCUT2D eigenvalue weighted by Gasteiger charge is -2.00. The number of aromatic nitrogens is 5. The van der Waals surface area contributed by atoms with Crippen LogP contribution < -0.4 is 5.73 Å². The fourth-order valence-corrected chi connectivity index (χ4v) is 1.68. The third-order valence-electron chi connectivity index (χ3n) is 2.63. The Labute approximate surface area is 107 Å². The second-order valence-corrected chi connectivity index (χ2v) is 3.79. The van der Waals surface area contributed by atoms with Crippen molar-refractivity contribution in [2.45, 2.75) is 13.3 Å². The van der Waals surface area contributed by atoms with E-state index in [0.29, 0.717) is 11.5 Å². The summed E-state index contributed by atoms with van der Waals surface area (Å²) in [5, 5.41) is 10.9. The Morgan fingerprint density at radius 3 is 2.84 bits per heavy atom. The molecule has 19 heavy (non-hydrogen) atoms. The Kier molecular flexibility index (Phi) is 2.67. The highest BCUT2D eigenvalue weighted by atomic mass is 16.6. The molecule has 0 saturated heterocycles. The average Bonchev–Trinajstić information content (AvgIpc) is 3.07. The van der Waals surface area contributed by atoms with Crippen molar-refractivity contribution in [3.63, 3.8) is 0 Å². The van der Waals surface area contributed by atoms with Gasteiger partial charge in [-0.2, -0.15) is 4.98 Å². The lowest BCUT2D eigenvalue weighted by atomic mass is 10.1. The van der Waals surface area contributed by atoms with Gasteiger partial charge in [0.15, 0.2) is 0 Å². The van der Waals surface area contributed by atoms with Gasteiger partial charge in [0.05, 0.1) is 0 Å². The van der Waals surface area contributed by atoms with Crippen molar-refractivity contribution in [3.8, 4) is 23.1 Å². The monoisotopic (exact) mass is 258 g/mol. The molecule has 0 spiro atoms. The van der Waals surface area contributed by atoms with Gasteiger partial charge in [0.1, 0.15) is 5.69 Å². The molecule has 0 aliphatic heterocycles. The minimum atomic E-state index is 0.104. The van der Waals surface area contributed by atoms with E-state index in [1.165, 1.54) is 0 Å². The molecule has 0 aliphatic carbocycles. The molecule has 3 aromatic heterocycles. The Hall–Kier alpha value is -2.77. The second kappa shape index (κ2) is 4.48. The van der Waals surface area contributed by atoms with Crippen LogP contribution in [0.1, 0.15) is 12.5 Å². The topological polar surface area (TPSA) is 117 Å². The standard InChI is InChI=1S/C11H10N6O2/c1-2-6-4-3-5-13-7(6)10-14-11(18-17-10)8-9(12)16-19-15-8/h3-5H,2H2,1H3,(H2,12,16). The van der Waals surface area contributed by atoms with E-state index in [4.69, 9.17) is 10.3 Å². The van der Waals surface area contributed by atoms with E-state index in [1.54, 1.807) is 6.20 Å². The molecule has 3 aromatic rings. The molecule has 0 aromatic carbocycles. The number of hydrogen-bond acceptors (Lipinski definition) is 8. The number of nitrogen functional groups attached to an aromatic ring is 1. The summed E-state index contributed by atoms with van der Waals surface area (Å²) in [5.41, 5.74) is 7.50. The number of pyridine rings is 1. The van der Waals surface area contributed by atoms with Crippen LogP contribution in [0.4, 0.5) is 5.82 Å². The molecule has 8 heteroatoms. The number of anilines is 1. The van der Waals surface area contributed by atoms with Crippen molar-refractivity contribution in [2.24, 2.45) is 0 Å². The minimum Gasteiger partial charge on any atom is -0.379 e. The highest BCUT2D eigenvalue weighted by Gasteiger charge is 2.19. The molecule has 3 heterocycles. The van der Waals surface area contributed by atoms with Crippen LogP contribution in [-0.4, -0.2) is 25.4 Å². The van der Waals surface area contributed by atoms with Crippen molar-refractivity contribution in [1.29, 1.82) is 0 Å². The van der Waals surface area contributed by atoms with Gasteiger partial charge in [-0.1, -0.05) is 18.1 Å². The van der Waals surface area contributed by atoms with Gasteiger partial charge in [0.25, 0.3) is 5.89 Å². The van der Waals surface area contributed by atoms with Crippen LogP contribution in [0.15, 0.2) is 27.5 Å². The molecule has 0 fully saturated rings. The smallest absolute Gasteiger partial charge is 0.284 e. The average molecular weight is 258 g/mol. The molecule has 0 saturated carbocycles. The number of aryl methyl sites for hydroxylation is 1. The Morgan fingerprint density at radius 1 is 1.21 bits per heavy atom. The third kappa shape index (κ3) is 1.92. The van der Waals surface area contributed by atoms with Crippen LogP contribution in [0.25, 0.3) is 23.1 Å². The molecular weight excluding hydrogens is 248 g/mol. The van der Waals surface area contributed by atoms with Crippen LogP contribution in [0.3, 0.4) is 0 Å². The second-order valence-electron chi connectivity index (χ2n) is 3.79. The van der Waals surface area contributed by atoms with Gasteiger partial charge in [-0.3, -0.25) is 4.98 Å². The summed E-state index contributed by atoms with van der Waals surface area (Å²) in [6.07, 6.45) is 2.50. The van der Waals surface area contributed by atoms with E-state index in [0.717, 1.165) is 12.0 Å². The molecular formula is C11H10N6O2. The van der Waals surface area contributed by atoms with Gasteiger partial charge in [-0.25, -0.2) is 4.63 Å². The van der Waals surface area contributed by atoms with Gasteiger partial charge in [0, 0.05) is 6.20 Å². The molecule has 0 bridgehead atoms. The van der Waals surface area contributed by atoms with Crippen LogP contribution >= 0.6 is 0 Å². The maximum absolute atomic E-state index is 5.57. The minimum absolute atomic E-state index is 0.104. The Morgan fingerprint density at radius 2 is 2.11 bits per heavy atom. The third-order valence-corrected chi connectivity index (χ3v) is 2.63. The normalized spacial score (nSPS) is 10.8. The van der Waals surface area contributed by atoms with E-state index >= 15 is 0 Å². The summed E-state index contributed by atoms with van der Waals surface area (Å²) < 4.78 is 9.59. The predicted octanol–water partition coefficient (Wildman–Crippen LogP) is 1.33. The number of nitrogens with two attached hydrogens (primary N) is 1. The van der Waals surface area contributed by atoms with Crippen LogP contribution in [0, 0.1) is 0 Å². The largest absolute Gasteiger partial charge is 0.379 e. The molecule has 96 valence electrons. The van der Waals surface area contributed by atoms with Crippen LogP contribution in [0.2, 0.25) is 0 Å². The SMILES string of the molecule is CCc1cccnc1-c1noc(-c2nonc2N)n1. The molecule has 0 aliphatic rings. The summed E-state index contributed by atoms with van der Waals surface area (Å²) in [5.74, 6) is 0.642. The quantitative estimate of drug-likeness (QED) is 0.747. The van der Waals surface area contributed by atoms with Gasteiger partial charge in [0.2, 0.25) is 17.3 Å². The summed E-state index contributed by atoms with van der Waals surface area (Å²) in [7, 11) is 0. The zero-order valence-corrected chi connectivity index (χ0v) is 10.1. The molecule has 0 amide bonds.